The second-order valence-electron chi connectivity index (χ2n) is 6.81. The number of hydrogen-bond acceptors (Lipinski definition) is 8. The van der Waals surface area contributed by atoms with Gasteiger partial charge in [-0.15, -0.1) is 0 Å². The van der Waals surface area contributed by atoms with Crippen molar-refractivity contribution < 1.29 is 4.74 Å². The fraction of sp³-hybridized carbons (Fsp3) is 0.471. The molecule has 0 aromatic carbocycles. The molecule has 1 saturated heterocycles. The molecular weight excluding hydrogens is 332 g/mol. The van der Waals surface area contributed by atoms with Crippen molar-refractivity contribution in [1.82, 2.24) is 29.5 Å². The first kappa shape index (κ1) is 15.4. The summed E-state index contributed by atoms with van der Waals surface area (Å²) in [4.78, 5) is 24.6. The third-order valence-corrected chi connectivity index (χ3v) is 4.84. The van der Waals surface area contributed by atoms with Crippen LogP contribution < -0.4 is 10.6 Å². The van der Waals surface area contributed by atoms with Crippen molar-refractivity contribution in [3.8, 4) is 11.4 Å². The number of nitrogens with two attached hydrogens (primary N) is 1. The van der Waals surface area contributed by atoms with Crippen molar-refractivity contribution in [2.24, 2.45) is 5.92 Å². The summed E-state index contributed by atoms with van der Waals surface area (Å²) in [7, 11) is 0. The van der Waals surface area contributed by atoms with Crippen LogP contribution in [0.25, 0.3) is 22.6 Å². The number of anilines is 2. The summed E-state index contributed by atoms with van der Waals surface area (Å²) in [5.74, 6) is 2.41. The molecule has 1 aliphatic carbocycles. The van der Waals surface area contributed by atoms with E-state index in [1.807, 2.05) is 6.33 Å². The number of imidazole rings is 1. The summed E-state index contributed by atoms with van der Waals surface area (Å²) in [5, 5.41) is 0. The Morgan fingerprint density at radius 1 is 1.08 bits per heavy atom. The van der Waals surface area contributed by atoms with Crippen LogP contribution >= 0.6 is 0 Å². The minimum atomic E-state index is 0.238. The molecule has 9 heteroatoms. The van der Waals surface area contributed by atoms with E-state index in [0.717, 1.165) is 48.1 Å². The second-order valence-corrected chi connectivity index (χ2v) is 6.81. The third kappa shape index (κ3) is 2.84. The Kier molecular flexibility index (Phi) is 3.66. The maximum atomic E-state index is 5.61. The molecule has 134 valence electrons. The number of hydrogen-bond donors (Lipinski definition) is 1. The smallest absolute Gasteiger partial charge is 0.219 e. The van der Waals surface area contributed by atoms with Gasteiger partial charge in [-0.2, -0.15) is 0 Å². The van der Waals surface area contributed by atoms with Crippen LogP contribution in [0.2, 0.25) is 0 Å². The topological polar surface area (TPSA) is 108 Å². The molecule has 1 aliphatic heterocycles. The molecule has 0 atom stereocenters. The molecule has 4 heterocycles. The number of ether oxygens (including phenoxy) is 1. The van der Waals surface area contributed by atoms with Crippen LogP contribution in [-0.4, -0.2) is 55.8 Å². The molecule has 2 N–H and O–H groups in total. The van der Waals surface area contributed by atoms with E-state index in [1.165, 1.54) is 12.8 Å². The molecule has 0 bridgehead atoms. The van der Waals surface area contributed by atoms with Crippen LogP contribution in [0.1, 0.15) is 12.8 Å². The highest BCUT2D eigenvalue weighted by Crippen LogP contribution is 2.33. The largest absolute Gasteiger partial charge is 0.378 e. The zero-order valence-electron chi connectivity index (χ0n) is 14.4. The molecule has 3 aromatic heterocycles. The van der Waals surface area contributed by atoms with Crippen LogP contribution in [0.4, 0.5) is 11.8 Å². The van der Waals surface area contributed by atoms with E-state index >= 15 is 0 Å². The SMILES string of the molecule is Nc1ncc(-c2nc(N3CCOCC3)c3ncn(CC4CC4)c3n2)cn1. The number of morpholine rings is 1. The Bertz CT molecular complexity index is 928. The minimum Gasteiger partial charge on any atom is -0.378 e. The van der Waals surface area contributed by atoms with E-state index in [4.69, 9.17) is 20.4 Å². The molecule has 0 radical (unpaired) electrons. The Morgan fingerprint density at radius 2 is 1.85 bits per heavy atom. The lowest BCUT2D eigenvalue weighted by Crippen LogP contribution is -2.37. The van der Waals surface area contributed by atoms with E-state index in [9.17, 15) is 0 Å². The lowest BCUT2D eigenvalue weighted by molar-refractivity contribution is 0.122. The molecule has 26 heavy (non-hydrogen) atoms. The van der Waals surface area contributed by atoms with Gasteiger partial charge in [0.15, 0.2) is 22.8 Å². The predicted molar refractivity (Wildman–Crippen MR) is 96.5 cm³/mol. The van der Waals surface area contributed by atoms with Gasteiger partial charge in [-0.1, -0.05) is 0 Å². The van der Waals surface area contributed by atoms with Crippen LogP contribution in [-0.2, 0) is 11.3 Å². The molecule has 2 fully saturated rings. The highest BCUT2D eigenvalue weighted by Gasteiger charge is 2.25. The number of nitrogens with zero attached hydrogens (tertiary/aromatic N) is 7. The van der Waals surface area contributed by atoms with E-state index in [2.05, 4.69) is 24.4 Å². The van der Waals surface area contributed by atoms with Gasteiger partial charge < -0.3 is 19.9 Å². The molecule has 3 aromatic rings. The maximum absolute atomic E-state index is 5.61. The predicted octanol–water partition coefficient (Wildman–Crippen LogP) is 1.11. The van der Waals surface area contributed by atoms with Gasteiger partial charge in [0.1, 0.15) is 0 Å². The quantitative estimate of drug-likeness (QED) is 0.744. The lowest BCUT2D eigenvalue weighted by atomic mass is 10.3. The average Bonchev–Trinajstić information content (AvgIpc) is 3.41. The Labute approximate surface area is 150 Å². The summed E-state index contributed by atoms with van der Waals surface area (Å²) >= 11 is 0. The molecule has 0 spiro atoms. The highest BCUT2D eigenvalue weighted by molar-refractivity contribution is 5.85. The molecule has 0 unspecified atom stereocenters. The zero-order chi connectivity index (χ0) is 17.5. The minimum absolute atomic E-state index is 0.238. The summed E-state index contributed by atoms with van der Waals surface area (Å²) in [6, 6.07) is 0. The monoisotopic (exact) mass is 352 g/mol. The standard InChI is InChI=1S/C17H20N8O/c18-17-19-7-12(8-20-17)14-22-15(24-3-5-26-6-4-24)13-16(23-14)25(10-21-13)9-11-1-2-11/h7-8,10-11H,1-6,9H2,(H2,18,19,20). The van der Waals surface area contributed by atoms with E-state index < -0.39 is 0 Å². The van der Waals surface area contributed by atoms with Gasteiger partial charge in [0.05, 0.1) is 25.1 Å². The zero-order valence-corrected chi connectivity index (χ0v) is 14.4. The number of nitrogen functional groups attached to an aromatic ring is 1. The highest BCUT2D eigenvalue weighted by atomic mass is 16.5. The normalized spacial score (nSPS) is 17.8. The van der Waals surface area contributed by atoms with Crippen LogP contribution in [0.15, 0.2) is 18.7 Å². The first-order valence-electron chi connectivity index (χ1n) is 8.91. The summed E-state index contributed by atoms with van der Waals surface area (Å²) in [5.41, 5.74) is 8.06. The molecule has 1 saturated carbocycles. The summed E-state index contributed by atoms with van der Waals surface area (Å²) in [6.07, 6.45) is 7.76. The lowest BCUT2D eigenvalue weighted by Gasteiger charge is -2.28. The fourth-order valence-corrected chi connectivity index (χ4v) is 3.22. The van der Waals surface area contributed by atoms with E-state index in [0.29, 0.717) is 19.0 Å². The maximum Gasteiger partial charge on any atom is 0.219 e. The van der Waals surface area contributed by atoms with Gasteiger partial charge in [0.2, 0.25) is 5.95 Å². The van der Waals surface area contributed by atoms with Crippen LogP contribution in [0.5, 0.6) is 0 Å². The second kappa shape index (κ2) is 6.17. The average molecular weight is 352 g/mol. The summed E-state index contributed by atoms with van der Waals surface area (Å²) in [6.45, 7) is 3.91. The number of fused-ring (bicyclic) bond motifs is 1. The van der Waals surface area contributed by atoms with Crippen LogP contribution in [0.3, 0.4) is 0 Å². The molecule has 2 aliphatic rings. The van der Waals surface area contributed by atoms with Gasteiger partial charge in [0.25, 0.3) is 0 Å². The van der Waals surface area contributed by atoms with Crippen molar-refractivity contribution in [3.05, 3.63) is 18.7 Å². The van der Waals surface area contributed by atoms with E-state index in [1.54, 1.807) is 12.4 Å². The van der Waals surface area contributed by atoms with Gasteiger partial charge in [-0.25, -0.2) is 24.9 Å². The van der Waals surface area contributed by atoms with Crippen molar-refractivity contribution in [3.63, 3.8) is 0 Å². The number of rotatable bonds is 4. The van der Waals surface area contributed by atoms with Gasteiger partial charge in [-0.05, 0) is 18.8 Å². The van der Waals surface area contributed by atoms with E-state index in [-0.39, 0.29) is 5.95 Å². The Hall–Kier alpha value is -2.81. The van der Waals surface area contributed by atoms with Crippen molar-refractivity contribution in [1.29, 1.82) is 0 Å². The first-order valence-corrected chi connectivity index (χ1v) is 8.91. The fourth-order valence-electron chi connectivity index (χ4n) is 3.22. The molecular formula is C17H20N8O. The Morgan fingerprint density at radius 3 is 2.58 bits per heavy atom. The summed E-state index contributed by atoms with van der Waals surface area (Å²) < 4.78 is 7.62. The molecule has 5 rings (SSSR count). The van der Waals surface area contributed by atoms with Gasteiger partial charge in [0, 0.05) is 32.0 Å². The van der Waals surface area contributed by atoms with Gasteiger partial charge in [-0.3, -0.25) is 0 Å². The van der Waals surface area contributed by atoms with Crippen LogP contribution in [0, 0.1) is 5.92 Å². The Balaban J connectivity index is 1.64. The molecule has 9 nitrogen and oxygen atoms in total. The number of aromatic nitrogens is 6. The molecule has 0 amide bonds. The first-order chi connectivity index (χ1) is 12.8. The van der Waals surface area contributed by atoms with Gasteiger partial charge >= 0.3 is 0 Å². The van der Waals surface area contributed by atoms with Crippen molar-refractivity contribution in [2.75, 3.05) is 36.9 Å². The van der Waals surface area contributed by atoms with Crippen molar-refractivity contribution >= 4 is 22.9 Å². The van der Waals surface area contributed by atoms with Crippen molar-refractivity contribution in [2.45, 2.75) is 19.4 Å². The third-order valence-electron chi connectivity index (χ3n) is 4.84.